The summed E-state index contributed by atoms with van der Waals surface area (Å²) in [6, 6.07) is 5.02. The number of nitrogens with zero attached hydrogens (tertiary/aromatic N) is 4. The van der Waals surface area contributed by atoms with Crippen molar-refractivity contribution in [3.63, 3.8) is 0 Å². The normalized spacial score (nSPS) is 11.1. The van der Waals surface area contributed by atoms with Crippen LogP contribution in [-0.2, 0) is 13.5 Å². The van der Waals surface area contributed by atoms with Crippen LogP contribution in [-0.4, -0.2) is 30.4 Å². The van der Waals surface area contributed by atoms with Gasteiger partial charge in [0.1, 0.15) is 5.82 Å². The summed E-state index contributed by atoms with van der Waals surface area (Å²) in [6.45, 7) is 2.09. The molecular formula is C15H16N4O2. The Bertz CT molecular complexity index is 816. The lowest BCUT2D eigenvalue weighted by Gasteiger charge is -2.05. The summed E-state index contributed by atoms with van der Waals surface area (Å²) >= 11 is 0. The van der Waals surface area contributed by atoms with E-state index in [0.29, 0.717) is 5.52 Å². The van der Waals surface area contributed by atoms with Crippen molar-refractivity contribution in [2.24, 2.45) is 7.05 Å². The van der Waals surface area contributed by atoms with Gasteiger partial charge in [-0.1, -0.05) is 6.92 Å². The van der Waals surface area contributed by atoms with Crippen LogP contribution >= 0.6 is 0 Å². The topological polar surface area (TPSA) is 72.9 Å². The monoisotopic (exact) mass is 284 g/mol. The maximum atomic E-state index is 11.1. The van der Waals surface area contributed by atoms with Gasteiger partial charge in [-0.3, -0.25) is 9.25 Å². The predicted molar refractivity (Wildman–Crippen MR) is 78.8 cm³/mol. The first kappa shape index (κ1) is 13.4. The highest BCUT2D eigenvalue weighted by atomic mass is 16.4. The molecular weight excluding hydrogens is 268 g/mol. The molecule has 0 radical (unpaired) electrons. The molecule has 0 spiro atoms. The molecule has 108 valence electrons. The molecule has 3 rings (SSSR count). The number of carbonyl (C=O) groups is 1. The number of aromatic nitrogens is 4. The van der Waals surface area contributed by atoms with Gasteiger partial charge in [-0.25, -0.2) is 9.78 Å². The molecule has 2 heterocycles. The Balaban J connectivity index is 2.24. The van der Waals surface area contributed by atoms with E-state index in [9.17, 15) is 4.79 Å². The zero-order chi connectivity index (χ0) is 15.0. The van der Waals surface area contributed by atoms with E-state index in [2.05, 4.69) is 17.0 Å². The number of aryl methyl sites for hydroxylation is 2. The lowest BCUT2D eigenvalue weighted by atomic mass is 10.2. The Morgan fingerprint density at radius 1 is 1.38 bits per heavy atom. The number of benzene rings is 1. The molecule has 0 aliphatic carbocycles. The van der Waals surface area contributed by atoms with Gasteiger partial charge in [-0.2, -0.15) is 5.10 Å². The Hall–Kier alpha value is -2.63. The lowest BCUT2D eigenvalue weighted by molar-refractivity contribution is 0.0697. The van der Waals surface area contributed by atoms with Gasteiger partial charge in [0.15, 0.2) is 0 Å². The molecule has 0 amide bonds. The molecule has 0 atom stereocenters. The van der Waals surface area contributed by atoms with Crippen molar-refractivity contribution in [3.8, 4) is 5.69 Å². The summed E-state index contributed by atoms with van der Waals surface area (Å²) in [4.78, 5) is 15.7. The van der Waals surface area contributed by atoms with Crippen LogP contribution in [0.1, 0.15) is 29.5 Å². The Morgan fingerprint density at radius 3 is 2.81 bits per heavy atom. The third-order valence-corrected chi connectivity index (χ3v) is 3.39. The third-order valence-electron chi connectivity index (χ3n) is 3.39. The molecule has 1 aromatic carbocycles. The fourth-order valence-corrected chi connectivity index (χ4v) is 2.47. The molecule has 6 nitrogen and oxygen atoms in total. The molecule has 0 saturated heterocycles. The predicted octanol–water partition coefficient (Wildman–Crippen LogP) is 2.41. The lowest BCUT2D eigenvalue weighted by Crippen LogP contribution is -2.00. The van der Waals surface area contributed by atoms with Gasteiger partial charge in [-0.15, -0.1) is 0 Å². The van der Waals surface area contributed by atoms with Crippen LogP contribution in [0.4, 0.5) is 0 Å². The number of hydrogen-bond acceptors (Lipinski definition) is 3. The summed E-state index contributed by atoms with van der Waals surface area (Å²) in [5, 5.41) is 13.3. The second kappa shape index (κ2) is 5.05. The van der Waals surface area contributed by atoms with Crippen LogP contribution in [0.15, 0.2) is 30.6 Å². The SMILES string of the molecule is CCCc1nc2cc(C(=O)O)ccc2n1-c1cnn(C)c1. The number of carboxylic acid groups (broad SMARTS) is 1. The van der Waals surface area contributed by atoms with Gasteiger partial charge < -0.3 is 5.11 Å². The molecule has 0 aliphatic rings. The fraction of sp³-hybridized carbons (Fsp3) is 0.267. The summed E-state index contributed by atoms with van der Waals surface area (Å²) in [6.07, 6.45) is 5.50. The van der Waals surface area contributed by atoms with Crippen LogP contribution in [0, 0.1) is 0 Å². The van der Waals surface area contributed by atoms with Gasteiger partial charge in [0.25, 0.3) is 0 Å². The first-order chi connectivity index (χ1) is 10.1. The van der Waals surface area contributed by atoms with Crippen molar-refractivity contribution in [2.45, 2.75) is 19.8 Å². The van der Waals surface area contributed by atoms with Gasteiger partial charge in [0, 0.05) is 19.7 Å². The van der Waals surface area contributed by atoms with Crippen LogP contribution in [0.25, 0.3) is 16.7 Å². The molecule has 21 heavy (non-hydrogen) atoms. The number of hydrogen-bond donors (Lipinski definition) is 1. The van der Waals surface area contributed by atoms with Crippen LogP contribution in [0.2, 0.25) is 0 Å². The molecule has 1 N–H and O–H groups in total. The van der Waals surface area contributed by atoms with E-state index in [-0.39, 0.29) is 5.56 Å². The second-order valence-corrected chi connectivity index (χ2v) is 4.99. The highest BCUT2D eigenvalue weighted by Gasteiger charge is 2.14. The smallest absolute Gasteiger partial charge is 0.335 e. The van der Waals surface area contributed by atoms with Crippen molar-refractivity contribution >= 4 is 17.0 Å². The van der Waals surface area contributed by atoms with Gasteiger partial charge in [-0.05, 0) is 24.6 Å². The largest absolute Gasteiger partial charge is 0.478 e. The number of carboxylic acids is 1. The van der Waals surface area contributed by atoms with Crippen molar-refractivity contribution in [2.75, 3.05) is 0 Å². The zero-order valence-corrected chi connectivity index (χ0v) is 11.9. The number of rotatable bonds is 4. The molecule has 0 unspecified atom stereocenters. The summed E-state index contributed by atoms with van der Waals surface area (Å²) < 4.78 is 3.78. The minimum Gasteiger partial charge on any atom is -0.478 e. The quantitative estimate of drug-likeness (QED) is 0.798. The van der Waals surface area contributed by atoms with Crippen LogP contribution in [0.5, 0.6) is 0 Å². The van der Waals surface area contributed by atoms with Crippen molar-refractivity contribution in [1.82, 2.24) is 19.3 Å². The number of fused-ring (bicyclic) bond motifs is 1. The van der Waals surface area contributed by atoms with E-state index in [1.165, 1.54) is 0 Å². The van der Waals surface area contributed by atoms with Crippen molar-refractivity contribution < 1.29 is 9.90 Å². The third kappa shape index (κ3) is 2.29. The van der Waals surface area contributed by atoms with Crippen LogP contribution in [0.3, 0.4) is 0 Å². The number of aromatic carboxylic acids is 1. The molecule has 6 heteroatoms. The molecule has 3 aromatic rings. The second-order valence-electron chi connectivity index (χ2n) is 4.99. The first-order valence-corrected chi connectivity index (χ1v) is 6.84. The molecule has 0 aliphatic heterocycles. The standard InChI is InChI=1S/C15H16N4O2/c1-3-4-14-17-12-7-10(15(20)21)5-6-13(12)19(14)11-8-16-18(2)9-11/h5-9H,3-4H2,1-2H3,(H,20,21). The maximum Gasteiger partial charge on any atom is 0.335 e. The van der Waals surface area contributed by atoms with Crippen LogP contribution < -0.4 is 0 Å². The summed E-state index contributed by atoms with van der Waals surface area (Å²) in [7, 11) is 1.87. The molecule has 2 aromatic heterocycles. The minimum atomic E-state index is -0.940. The first-order valence-electron chi connectivity index (χ1n) is 6.84. The van der Waals surface area contributed by atoms with E-state index in [4.69, 9.17) is 5.11 Å². The molecule has 0 saturated carbocycles. The molecule has 0 bridgehead atoms. The maximum absolute atomic E-state index is 11.1. The highest BCUT2D eigenvalue weighted by Crippen LogP contribution is 2.23. The van der Waals surface area contributed by atoms with E-state index in [1.807, 2.05) is 17.8 Å². The average molecular weight is 284 g/mol. The van der Waals surface area contributed by atoms with E-state index in [1.54, 1.807) is 29.1 Å². The Kier molecular flexibility index (Phi) is 3.21. The van der Waals surface area contributed by atoms with E-state index >= 15 is 0 Å². The van der Waals surface area contributed by atoms with Gasteiger partial charge >= 0.3 is 5.97 Å². The Labute approximate surface area is 121 Å². The zero-order valence-electron chi connectivity index (χ0n) is 11.9. The number of imidazole rings is 1. The minimum absolute atomic E-state index is 0.251. The fourth-order valence-electron chi connectivity index (χ4n) is 2.47. The summed E-state index contributed by atoms with van der Waals surface area (Å²) in [5.41, 5.74) is 2.78. The van der Waals surface area contributed by atoms with Gasteiger partial charge in [0.2, 0.25) is 0 Å². The van der Waals surface area contributed by atoms with Crippen molar-refractivity contribution in [3.05, 3.63) is 42.0 Å². The van der Waals surface area contributed by atoms with E-state index in [0.717, 1.165) is 29.9 Å². The average Bonchev–Trinajstić information content (AvgIpc) is 3.01. The van der Waals surface area contributed by atoms with Gasteiger partial charge in [0.05, 0.1) is 28.5 Å². The van der Waals surface area contributed by atoms with Crippen molar-refractivity contribution in [1.29, 1.82) is 0 Å². The highest BCUT2D eigenvalue weighted by molar-refractivity contribution is 5.92. The van der Waals surface area contributed by atoms with E-state index < -0.39 is 5.97 Å². The summed E-state index contributed by atoms with van der Waals surface area (Å²) in [5.74, 6) is -0.0205. The Morgan fingerprint density at radius 2 is 2.19 bits per heavy atom. The molecule has 0 fully saturated rings.